The van der Waals surface area contributed by atoms with Crippen molar-refractivity contribution in [3.8, 4) is 0 Å². The Hall–Kier alpha value is -1.81. The highest BCUT2D eigenvalue weighted by Crippen LogP contribution is 2.22. The van der Waals surface area contributed by atoms with Gasteiger partial charge in [0.05, 0.1) is 0 Å². The van der Waals surface area contributed by atoms with E-state index < -0.39 is 0 Å². The van der Waals surface area contributed by atoms with E-state index in [1.807, 2.05) is 36.5 Å². The molecule has 3 rings (SSSR count). The Kier molecular flexibility index (Phi) is 3.74. The lowest BCUT2D eigenvalue weighted by Crippen LogP contribution is -1.96. The minimum Gasteiger partial charge on any atom is -0.441 e. The molecule has 2 heterocycles. The van der Waals surface area contributed by atoms with E-state index in [4.69, 9.17) is 4.42 Å². The molecule has 0 saturated carbocycles. The first-order valence-electron chi connectivity index (χ1n) is 6.99. The highest BCUT2D eigenvalue weighted by Gasteiger charge is 2.05. The largest absolute Gasteiger partial charge is 0.441 e. The van der Waals surface area contributed by atoms with Crippen molar-refractivity contribution in [2.24, 2.45) is 0 Å². The second-order valence-corrected chi connectivity index (χ2v) is 5.97. The molecular formula is C16H18N2OS. The number of anilines is 1. The van der Waals surface area contributed by atoms with Crippen LogP contribution in [-0.2, 0) is 19.4 Å². The summed E-state index contributed by atoms with van der Waals surface area (Å²) in [5.74, 6) is 0.794. The molecule has 0 aliphatic heterocycles. The maximum atomic E-state index is 5.62. The Morgan fingerprint density at radius 1 is 1.10 bits per heavy atom. The number of aryl methyl sites for hydroxylation is 2. The SMILES string of the molecule is CCc1nc2cc(NCc3ccc(CC)s3)ccc2o1. The van der Waals surface area contributed by atoms with Crippen LogP contribution in [0.15, 0.2) is 34.7 Å². The van der Waals surface area contributed by atoms with Gasteiger partial charge in [-0.2, -0.15) is 0 Å². The summed E-state index contributed by atoms with van der Waals surface area (Å²) in [6, 6.07) is 10.5. The lowest BCUT2D eigenvalue weighted by molar-refractivity contribution is 0.538. The Balaban J connectivity index is 1.73. The molecule has 3 aromatic rings. The van der Waals surface area contributed by atoms with Crippen LogP contribution in [0.3, 0.4) is 0 Å². The number of rotatable bonds is 5. The highest BCUT2D eigenvalue weighted by molar-refractivity contribution is 7.12. The number of hydrogen-bond acceptors (Lipinski definition) is 4. The molecule has 0 aliphatic carbocycles. The predicted octanol–water partition coefficient (Wildman–Crippen LogP) is 4.63. The van der Waals surface area contributed by atoms with Crippen molar-refractivity contribution in [3.63, 3.8) is 0 Å². The average molecular weight is 286 g/mol. The van der Waals surface area contributed by atoms with E-state index in [1.54, 1.807) is 0 Å². The van der Waals surface area contributed by atoms with Gasteiger partial charge in [-0.05, 0) is 36.8 Å². The van der Waals surface area contributed by atoms with Crippen molar-refractivity contribution in [2.75, 3.05) is 5.32 Å². The van der Waals surface area contributed by atoms with Gasteiger partial charge in [0.1, 0.15) is 5.52 Å². The summed E-state index contributed by atoms with van der Waals surface area (Å²) in [5.41, 5.74) is 2.86. The van der Waals surface area contributed by atoms with Crippen molar-refractivity contribution in [3.05, 3.63) is 46.0 Å². The number of hydrogen-bond donors (Lipinski definition) is 1. The van der Waals surface area contributed by atoms with Crippen LogP contribution in [0.5, 0.6) is 0 Å². The van der Waals surface area contributed by atoms with Crippen LogP contribution in [0.2, 0.25) is 0 Å². The molecule has 1 aromatic carbocycles. The van der Waals surface area contributed by atoms with Crippen LogP contribution in [0.25, 0.3) is 11.1 Å². The zero-order valence-electron chi connectivity index (χ0n) is 11.8. The average Bonchev–Trinajstić information content (AvgIpc) is 3.10. The number of oxazole rings is 1. The van der Waals surface area contributed by atoms with Gasteiger partial charge in [0.15, 0.2) is 11.5 Å². The number of benzene rings is 1. The maximum absolute atomic E-state index is 5.62. The van der Waals surface area contributed by atoms with Gasteiger partial charge in [-0.1, -0.05) is 13.8 Å². The van der Waals surface area contributed by atoms with E-state index in [9.17, 15) is 0 Å². The molecule has 20 heavy (non-hydrogen) atoms. The Bertz CT molecular complexity index is 714. The van der Waals surface area contributed by atoms with Crippen molar-refractivity contribution in [2.45, 2.75) is 33.2 Å². The van der Waals surface area contributed by atoms with Gasteiger partial charge in [-0.3, -0.25) is 0 Å². The molecule has 0 bridgehead atoms. The van der Waals surface area contributed by atoms with E-state index in [-0.39, 0.29) is 0 Å². The normalized spacial score (nSPS) is 11.1. The van der Waals surface area contributed by atoms with Gasteiger partial charge < -0.3 is 9.73 Å². The van der Waals surface area contributed by atoms with Gasteiger partial charge in [0, 0.05) is 28.4 Å². The quantitative estimate of drug-likeness (QED) is 0.743. The van der Waals surface area contributed by atoms with Crippen molar-refractivity contribution in [1.82, 2.24) is 4.98 Å². The monoisotopic (exact) mass is 286 g/mol. The fraction of sp³-hybridized carbons (Fsp3) is 0.312. The molecule has 0 radical (unpaired) electrons. The summed E-state index contributed by atoms with van der Waals surface area (Å²) in [5, 5.41) is 3.45. The fourth-order valence-electron chi connectivity index (χ4n) is 2.13. The molecule has 104 valence electrons. The molecular weight excluding hydrogens is 268 g/mol. The number of nitrogens with one attached hydrogen (secondary N) is 1. The zero-order chi connectivity index (χ0) is 13.9. The topological polar surface area (TPSA) is 38.1 Å². The van der Waals surface area contributed by atoms with E-state index >= 15 is 0 Å². The second-order valence-electron chi connectivity index (χ2n) is 4.72. The summed E-state index contributed by atoms with van der Waals surface area (Å²) >= 11 is 1.87. The molecule has 0 unspecified atom stereocenters. The van der Waals surface area contributed by atoms with Gasteiger partial charge in [-0.25, -0.2) is 4.98 Å². The molecule has 0 aliphatic rings. The molecule has 0 fully saturated rings. The third kappa shape index (κ3) is 2.70. The molecule has 0 spiro atoms. The third-order valence-corrected chi connectivity index (χ3v) is 4.50. The molecule has 0 saturated heterocycles. The van der Waals surface area contributed by atoms with E-state index in [2.05, 4.69) is 29.4 Å². The first kappa shape index (κ1) is 13.2. The van der Waals surface area contributed by atoms with Crippen molar-refractivity contribution >= 4 is 28.1 Å². The van der Waals surface area contributed by atoms with Crippen LogP contribution in [-0.4, -0.2) is 4.98 Å². The smallest absolute Gasteiger partial charge is 0.195 e. The number of fused-ring (bicyclic) bond motifs is 1. The van der Waals surface area contributed by atoms with Crippen LogP contribution in [0, 0.1) is 0 Å². The van der Waals surface area contributed by atoms with Gasteiger partial charge >= 0.3 is 0 Å². The Labute approximate surface area is 122 Å². The number of aromatic nitrogens is 1. The van der Waals surface area contributed by atoms with Crippen molar-refractivity contribution < 1.29 is 4.42 Å². The van der Waals surface area contributed by atoms with Gasteiger partial charge in [-0.15, -0.1) is 11.3 Å². The van der Waals surface area contributed by atoms with Crippen LogP contribution < -0.4 is 5.32 Å². The third-order valence-electron chi connectivity index (χ3n) is 3.27. The Morgan fingerprint density at radius 3 is 2.70 bits per heavy atom. The summed E-state index contributed by atoms with van der Waals surface area (Å²) in [4.78, 5) is 7.25. The fourth-order valence-corrected chi connectivity index (χ4v) is 3.03. The predicted molar refractivity (Wildman–Crippen MR) is 84.4 cm³/mol. The minimum atomic E-state index is 0.794. The second kappa shape index (κ2) is 5.67. The lowest BCUT2D eigenvalue weighted by Gasteiger charge is -2.03. The first-order valence-corrected chi connectivity index (χ1v) is 7.81. The zero-order valence-corrected chi connectivity index (χ0v) is 12.6. The molecule has 2 aromatic heterocycles. The van der Waals surface area contributed by atoms with E-state index in [0.29, 0.717) is 0 Å². The van der Waals surface area contributed by atoms with Crippen molar-refractivity contribution in [1.29, 1.82) is 0 Å². The summed E-state index contributed by atoms with van der Waals surface area (Å²) in [6.45, 7) is 5.09. The first-order chi connectivity index (χ1) is 9.78. The molecule has 3 nitrogen and oxygen atoms in total. The Morgan fingerprint density at radius 2 is 1.95 bits per heavy atom. The van der Waals surface area contributed by atoms with Crippen LogP contribution in [0.4, 0.5) is 5.69 Å². The van der Waals surface area contributed by atoms with Gasteiger partial charge in [0.25, 0.3) is 0 Å². The maximum Gasteiger partial charge on any atom is 0.195 e. The summed E-state index contributed by atoms with van der Waals surface area (Å²) in [7, 11) is 0. The van der Waals surface area contributed by atoms with Crippen LogP contribution in [0.1, 0.15) is 29.5 Å². The molecule has 4 heteroatoms. The van der Waals surface area contributed by atoms with E-state index in [1.165, 1.54) is 9.75 Å². The molecule has 0 amide bonds. The number of nitrogens with zero attached hydrogens (tertiary/aromatic N) is 1. The van der Waals surface area contributed by atoms with Crippen LogP contribution >= 0.6 is 11.3 Å². The number of thiophene rings is 1. The lowest BCUT2D eigenvalue weighted by atomic mass is 10.3. The summed E-state index contributed by atoms with van der Waals surface area (Å²) < 4.78 is 5.62. The van der Waals surface area contributed by atoms with Gasteiger partial charge in [0.2, 0.25) is 0 Å². The molecule has 1 N–H and O–H groups in total. The highest BCUT2D eigenvalue weighted by atomic mass is 32.1. The molecule has 0 atom stereocenters. The summed E-state index contributed by atoms with van der Waals surface area (Å²) in [6.07, 6.45) is 1.93. The van der Waals surface area contributed by atoms with E-state index in [0.717, 1.165) is 42.1 Å². The standard InChI is InChI=1S/C16H18N2OS/c1-3-12-6-7-13(20-12)10-17-11-5-8-15-14(9-11)18-16(4-2)19-15/h5-9,17H,3-4,10H2,1-2H3. The minimum absolute atomic E-state index is 0.794.